The summed E-state index contributed by atoms with van der Waals surface area (Å²) in [4.78, 5) is 14.5. The van der Waals surface area contributed by atoms with Crippen LogP contribution in [0.5, 0.6) is 11.5 Å². The van der Waals surface area contributed by atoms with Gasteiger partial charge in [0.25, 0.3) is 0 Å². The Bertz CT molecular complexity index is 836. The summed E-state index contributed by atoms with van der Waals surface area (Å²) < 4.78 is 17.3. The fraction of sp³-hybridized carbons (Fsp3) is 0.458. The first-order valence-corrected chi connectivity index (χ1v) is 10.3. The van der Waals surface area contributed by atoms with Gasteiger partial charge in [-0.1, -0.05) is 36.4 Å². The summed E-state index contributed by atoms with van der Waals surface area (Å²) in [6, 6.07) is 16.3. The Morgan fingerprint density at radius 2 is 1.90 bits per heavy atom. The zero-order valence-corrected chi connectivity index (χ0v) is 17.2. The van der Waals surface area contributed by atoms with Crippen LogP contribution in [-0.4, -0.2) is 50.7 Å². The number of nitrogens with zero attached hydrogens (tertiary/aromatic N) is 1. The monoisotopic (exact) mass is 395 g/mol. The molecule has 0 aromatic heterocycles. The van der Waals surface area contributed by atoms with Crippen molar-refractivity contribution < 1.29 is 19.0 Å². The van der Waals surface area contributed by atoms with E-state index < -0.39 is 5.60 Å². The summed E-state index contributed by atoms with van der Waals surface area (Å²) in [5.74, 6) is 2.06. The predicted molar refractivity (Wildman–Crippen MR) is 111 cm³/mol. The molecule has 0 spiro atoms. The second kappa shape index (κ2) is 8.56. The smallest absolute Gasteiger partial charge is 0.161 e. The fourth-order valence-electron chi connectivity index (χ4n) is 4.18. The Kier molecular flexibility index (Phi) is 5.88. The van der Waals surface area contributed by atoms with Gasteiger partial charge in [0.1, 0.15) is 5.60 Å². The lowest BCUT2D eigenvalue weighted by Gasteiger charge is -2.28. The molecule has 1 aliphatic heterocycles. The summed E-state index contributed by atoms with van der Waals surface area (Å²) in [6.07, 6.45) is 3.44. The summed E-state index contributed by atoms with van der Waals surface area (Å²) in [7, 11) is 3.28. The quantitative estimate of drug-likeness (QED) is 0.607. The highest BCUT2D eigenvalue weighted by Gasteiger charge is 2.48. The zero-order chi connectivity index (χ0) is 20.3. The molecule has 1 saturated heterocycles. The van der Waals surface area contributed by atoms with Crippen LogP contribution >= 0.6 is 0 Å². The summed E-state index contributed by atoms with van der Waals surface area (Å²) in [6.45, 7) is 2.82. The van der Waals surface area contributed by atoms with Crippen LogP contribution in [0.15, 0.2) is 48.5 Å². The highest BCUT2D eigenvalue weighted by atomic mass is 16.5. The van der Waals surface area contributed by atoms with E-state index in [9.17, 15) is 4.79 Å². The topological polar surface area (TPSA) is 48.0 Å². The molecule has 2 aromatic carbocycles. The van der Waals surface area contributed by atoms with Crippen molar-refractivity contribution in [3.05, 3.63) is 59.7 Å². The first-order chi connectivity index (χ1) is 14.2. The van der Waals surface area contributed by atoms with Gasteiger partial charge in [0.2, 0.25) is 0 Å². The van der Waals surface area contributed by atoms with E-state index in [1.807, 2.05) is 36.4 Å². The molecule has 0 amide bonds. The van der Waals surface area contributed by atoms with Crippen LogP contribution < -0.4 is 9.47 Å². The molecule has 154 valence electrons. The summed E-state index contributed by atoms with van der Waals surface area (Å²) >= 11 is 0. The van der Waals surface area contributed by atoms with Gasteiger partial charge in [-0.05, 0) is 42.0 Å². The Labute approximate surface area is 172 Å². The van der Waals surface area contributed by atoms with Crippen LogP contribution in [0, 0.1) is 5.92 Å². The number of benzene rings is 2. The van der Waals surface area contributed by atoms with Gasteiger partial charge in [0.15, 0.2) is 17.8 Å². The molecule has 0 bridgehead atoms. The SMILES string of the molecule is COc1ccc([C@H]2CN(Cc3ccccc3)C[C@@]2(C=O)OC)cc1OCC1CC1. The van der Waals surface area contributed by atoms with E-state index in [2.05, 4.69) is 17.0 Å². The molecule has 0 radical (unpaired) electrons. The Hall–Kier alpha value is -2.37. The van der Waals surface area contributed by atoms with Gasteiger partial charge in [0, 0.05) is 32.7 Å². The molecule has 5 heteroatoms. The predicted octanol–water partition coefficient (Wildman–Crippen LogP) is 3.67. The maximum Gasteiger partial charge on any atom is 0.161 e. The van der Waals surface area contributed by atoms with Gasteiger partial charge in [0.05, 0.1) is 13.7 Å². The van der Waals surface area contributed by atoms with Gasteiger partial charge in [-0.15, -0.1) is 0 Å². The molecule has 4 rings (SSSR count). The van der Waals surface area contributed by atoms with E-state index in [1.54, 1.807) is 14.2 Å². The highest BCUT2D eigenvalue weighted by Crippen LogP contribution is 2.41. The number of ether oxygens (including phenoxy) is 3. The van der Waals surface area contributed by atoms with Crippen LogP contribution in [0.2, 0.25) is 0 Å². The second-order valence-electron chi connectivity index (χ2n) is 8.15. The lowest BCUT2D eigenvalue weighted by atomic mass is 9.85. The number of methoxy groups -OCH3 is 2. The van der Waals surface area contributed by atoms with Gasteiger partial charge in [-0.25, -0.2) is 0 Å². The highest BCUT2D eigenvalue weighted by molar-refractivity contribution is 5.67. The van der Waals surface area contributed by atoms with Crippen LogP contribution in [0.3, 0.4) is 0 Å². The molecule has 1 saturated carbocycles. The average Bonchev–Trinajstić information content (AvgIpc) is 3.53. The van der Waals surface area contributed by atoms with E-state index in [1.165, 1.54) is 18.4 Å². The van der Waals surface area contributed by atoms with Crippen LogP contribution in [-0.2, 0) is 16.1 Å². The van der Waals surface area contributed by atoms with Crippen molar-refractivity contribution in [2.75, 3.05) is 33.9 Å². The zero-order valence-electron chi connectivity index (χ0n) is 17.2. The second-order valence-corrected chi connectivity index (χ2v) is 8.15. The lowest BCUT2D eigenvalue weighted by Crippen LogP contribution is -2.41. The van der Waals surface area contributed by atoms with Crippen LogP contribution in [0.1, 0.15) is 29.9 Å². The van der Waals surface area contributed by atoms with E-state index >= 15 is 0 Å². The number of carbonyl (C=O) groups is 1. The molecule has 2 aromatic rings. The molecule has 2 atom stereocenters. The number of carbonyl (C=O) groups excluding carboxylic acids is 1. The normalized spacial score (nSPS) is 24.4. The summed E-state index contributed by atoms with van der Waals surface area (Å²) in [5.41, 5.74) is 1.41. The van der Waals surface area contributed by atoms with Crippen molar-refractivity contribution in [3.8, 4) is 11.5 Å². The van der Waals surface area contributed by atoms with E-state index in [0.29, 0.717) is 19.1 Å². The maximum absolute atomic E-state index is 12.2. The number of hydrogen-bond acceptors (Lipinski definition) is 5. The first kappa shape index (κ1) is 19.9. The van der Waals surface area contributed by atoms with Crippen LogP contribution in [0.25, 0.3) is 0 Å². The molecule has 2 fully saturated rings. The average molecular weight is 395 g/mol. The van der Waals surface area contributed by atoms with Gasteiger partial charge in [-0.3, -0.25) is 4.90 Å². The summed E-state index contributed by atoms with van der Waals surface area (Å²) in [5, 5.41) is 0. The van der Waals surface area contributed by atoms with E-state index in [-0.39, 0.29) is 5.92 Å². The van der Waals surface area contributed by atoms with Crippen LogP contribution in [0.4, 0.5) is 0 Å². The fourth-order valence-corrected chi connectivity index (χ4v) is 4.18. The molecule has 29 heavy (non-hydrogen) atoms. The Morgan fingerprint density at radius 3 is 2.55 bits per heavy atom. The number of aldehydes is 1. The van der Waals surface area contributed by atoms with Crippen molar-refractivity contribution in [3.63, 3.8) is 0 Å². The standard InChI is InChI=1S/C24H29NO4/c1-27-22-11-10-20(12-23(22)29-15-19-8-9-19)21-14-25(16-24(21,17-26)28-2)13-18-6-4-3-5-7-18/h3-7,10-12,17,19,21H,8-9,13-16H2,1-2H3/t21-,24+/m1/s1. The Balaban J connectivity index is 1.58. The molecule has 0 unspecified atom stereocenters. The first-order valence-electron chi connectivity index (χ1n) is 10.3. The lowest BCUT2D eigenvalue weighted by molar-refractivity contribution is -0.127. The third-order valence-corrected chi connectivity index (χ3v) is 6.09. The molecular weight excluding hydrogens is 366 g/mol. The van der Waals surface area contributed by atoms with Crippen molar-refractivity contribution in [2.24, 2.45) is 5.92 Å². The van der Waals surface area contributed by atoms with Crippen molar-refractivity contribution in [1.29, 1.82) is 0 Å². The van der Waals surface area contributed by atoms with E-state index in [4.69, 9.17) is 14.2 Å². The molecular formula is C24H29NO4. The molecule has 1 aliphatic carbocycles. The van der Waals surface area contributed by atoms with Gasteiger partial charge in [-0.2, -0.15) is 0 Å². The largest absolute Gasteiger partial charge is 0.493 e. The number of rotatable bonds is 9. The molecule has 0 N–H and O–H groups in total. The van der Waals surface area contributed by atoms with Crippen molar-refractivity contribution in [1.82, 2.24) is 4.90 Å². The van der Waals surface area contributed by atoms with Crippen molar-refractivity contribution in [2.45, 2.75) is 30.9 Å². The number of hydrogen-bond donors (Lipinski definition) is 0. The molecule has 5 nitrogen and oxygen atoms in total. The van der Waals surface area contributed by atoms with E-state index in [0.717, 1.165) is 36.4 Å². The Morgan fingerprint density at radius 1 is 1.10 bits per heavy atom. The minimum atomic E-state index is -0.864. The minimum Gasteiger partial charge on any atom is -0.493 e. The van der Waals surface area contributed by atoms with Gasteiger partial charge >= 0.3 is 0 Å². The third-order valence-electron chi connectivity index (χ3n) is 6.09. The maximum atomic E-state index is 12.2. The van der Waals surface area contributed by atoms with Gasteiger partial charge < -0.3 is 19.0 Å². The third kappa shape index (κ3) is 4.31. The van der Waals surface area contributed by atoms with Crippen molar-refractivity contribution >= 4 is 6.29 Å². The molecule has 1 heterocycles. The number of likely N-dealkylation sites (tertiary alicyclic amines) is 1. The minimum absolute atomic E-state index is 0.0668. The molecule has 2 aliphatic rings.